The van der Waals surface area contributed by atoms with Crippen LogP contribution in [0.25, 0.3) is 0 Å². The highest BCUT2D eigenvalue weighted by molar-refractivity contribution is 9.10. The van der Waals surface area contributed by atoms with Gasteiger partial charge in [0.2, 0.25) is 5.96 Å². The van der Waals surface area contributed by atoms with E-state index in [9.17, 15) is 0 Å². The fourth-order valence-corrected chi connectivity index (χ4v) is 2.35. The van der Waals surface area contributed by atoms with Crippen LogP contribution in [0.5, 0.6) is 0 Å². The zero-order chi connectivity index (χ0) is 14.5. The molecular formula is C15H15BrN4O. The number of aliphatic imine (C=N–C) groups is 1. The van der Waals surface area contributed by atoms with E-state index in [0.717, 1.165) is 34.9 Å². The van der Waals surface area contributed by atoms with E-state index in [-0.39, 0.29) is 0 Å². The summed E-state index contributed by atoms with van der Waals surface area (Å²) in [6.07, 6.45) is 1.76. The van der Waals surface area contributed by atoms with Gasteiger partial charge in [0.25, 0.3) is 0 Å². The lowest BCUT2D eigenvalue weighted by Gasteiger charge is -2.20. The number of hydroxylamine groups is 2. The molecule has 1 aliphatic heterocycles. The molecule has 1 aromatic heterocycles. The van der Waals surface area contributed by atoms with E-state index in [1.807, 2.05) is 42.5 Å². The Kier molecular flexibility index (Phi) is 4.47. The summed E-state index contributed by atoms with van der Waals surface area (Å²) in [4.78, 5) is 14.5. The van der Waals surface area contributed by atoms with Crippen LogP contribution in [-0.4, -0.2) is 29.1 Å². The summed E-state index contributed by atoms with van der Waals surface area (Å²) < 4.78 is 0.990. The summed E-state index contributed by atoms with van der Waals surface area (Å²) >= 11 is 3.51. The van der Waals surface area contributed by atoms with Crippen molar-refractivity contribution in [1.29, 1.82) is 0 Å². The van der Waals surface area contributed by atoms with Gasteiger partial charge in [-0.15, -0.1) is 0 Å². The smallest absolute Gasteiger partial charge is 0.223 e. The van der Waals surface area contributed by atoms with Crippen molar-refractivity contribution in [2.75, 3.05) is 18.4 Å². The van der Waals surface area contributed by atoms with Crippen LogP contribution >= 0.6 is 15.9 Å². The summed E-state index contributed by atoms with van der Waals surface area (Å²) in [6, 6.07) is 13.7. The highest BCUT2D eigenvalue weighted by Crippen LogP contribution is 2.22. The maximum Gasteiger partial charge on any atom is 0.223 e. The van der Waals surface area contributed by atoms with Crippen molar-refractivity contribution >= 4 is 27.6 Å². The second-order valence-electron chi connectivity index (χ2n) is 4.51. The van der Waals surface area contributed by atoms with Gasteiger partial charge in [0.1, 0.15) is 6.61 Å². The van der Waals surface area contributed by atoms with Crippen molar-refractivity contribution in [1.82, 2.24) is 10.0 Å². The first kappa shape index (κ1) is 14.0. The topological polar surface area (TPSA) is 49.8 Å². The van der Waals surface area contributed by atoms with Gasteiger partial charge < -0.3 is 5.32 Å². The molecule has 0 saturated carbocycles. The van der Waals surface area contributed by atoms with Crippen LogP contribution in [0.15, 0.2) is 58.1 Å². The monoisotopic (exact) mass is 346 g/mol. The average molecular weight is 347 g/mol. The molecule has 2 heterocycles. The van der Waals surface area contributed by atoms with E-state index in [4.69, 9.17) is 4.84 Å². The zero-order valence-electron chi connectivity index (χ0n) is 11.4. The Hall–Kier alpha value is -1.92. The van der Waals surface area contributed by atoms with Crippen molar-refractivity contribution in [2.24, 2.45) is 4.99 Å². The van der Waals surface area contributed by atoms with Crippen LogP contribution in [0.1, 0.15) is 5.69 Å². The molecule has 1 aromatic carbocycles. The van der Waals surface area contributed by atoms with Gasteiger partial charge in [0.15, 0.2) is 0 Å². The minimum atomic E-state index is 0.428. The predicted molar refractivity (Wildman–Crippen MR) is 85.8 cm³/mol. The quantitative estimate of drug-likeness (QED) is 0.924. The Balaban J connectivity index is 1.62. The largest absolute Gasteiger partial charge is 0.323 e. The number of para-hydroxylation sites is 1. The number of hydrogen-bond acceptors (Lipinski definition) is 5. The molecule has 21 heavy (non-hydrogen) atoms. The molecule has 0 amide bonds. The molecule has 1 N–H and O–H groups in total. The van der Waals surface area contributed by atoms with E-state index in [2.05, 4.69) is 31.2 Å². The lowest BCUT2D eigenvalue weighted by Crippen LogP contribution is -2.33. The third-order valence-electron chi connectivity index (χ3n) is 3.02. The van der Waals surface area contributed by atoms with Crippen LogP contribution in [0.2, 0.25) is 0 Å². The van der Waals surface area contributed by atoms with Gasteiger partial charge in [-0.25, -0.2) is 10.1 Å². The fraction of sp³-hybridized carbons (Fsp3) is 0.200. The Bertz CT molecular complexity index is 633. The zero-order valence-corrected chi connectivity index (χ0v) is 13.0. The van der Waals surface area contributed by atoms with E-state index < -0.39 is 0 Å². The van der Waals surface area contributed by atoms with Crippen LogP contribution in [0.4, 0.5) is 5.69 Å². The summed E-state index contributed by atoms with van der Waals surface area (Å²) in [5.74, 6) is 0.720. The molecule has 3 rings (SSSR count). The lowest BCUT2D eigenvalue weighted by atomic mass is 10.3. The second-order valence-corrected chi connectivity index (χ2v) is 5.36. The number of guanidine groups is 1. The van der Waals surface area contributed by atoms with E-state index in [0.29, 0.717) is 6.61 Å². The second kappa shape index (κ2) is 6.69. The maximum absolute atomic E-state index is 5.78. The van der Waals surface area contributed by atoms with Gasteiger partial charge in [-0.3, -0.25) is 9.82 Å². The van der Waals surface area contributed by atoms with E-state index >= 15 is 0 Å². The van der Waals surface area contributed by atoms with Crippen molar-refractivity contribution in [2.45, 2.75) is 6.61 Å². The fourth-order valence-electron chi connectivity index (χ4n) is 1.97. The number of aromatic nitrogens is 1. The Morgan fingerprint density at radius 1 is 1.19 bits per heavy atom. The minimum absolute atomic E-state index is 0.428. The predicted octanol–water partition coefficient (Wildman–Crippen LogP) is 3.06. The minimum Gasteiger partial charge on any atom is -0.323 e. The normalized spacial score (nSPS) is 14.1. The van der Waals surface area contributed by atoms with Crippen LogP contribution in [0.3, 0.4) is 0 Å². The Morgan fingerprint density at radius 2 is 2.05 bits per heavy atom. The molecule has 0 unspecified atom stereocenters. The van der Waals surface area contributed by atoms with Crippen molar-refractivity contribution in [3.05, 3.63) is 58.8 Å². The Morgan fingerprint density at radius 3 is 2.86 bits per heavy atom. The number of pyridine rings is 1. The summed E-state index contributed by atoms with van der Waals surface area (Å²) in [5.41, 5.74) is 1.86. The van der Waals surface area contributed by atoms with Crippen LogP contribution in [0, 0.1) is 0 Å². The lowest BCUT2D eigenvalue weighted by molar-refractivity contribution is -0.104. The summed E-state index contributed by atoms with van der Waals surface area (Å²) in [5, 5.41) is 5.05. The first-order valence-corrected chi connectivity index (χ1v) is 7.48. The van der Waals surface area contributed by atoms with Crippen molar-refractivity contribution in [3.63, 3.8) is 0 Å². The van der Waals surface area contributed by atoms with Crippen molar-refractivity contribution < 1.29 is 4.84 Å². The van der Waals surface area contributed by atoms with E-state index in [1.165, 1.54) is 0 Å². The summed E-state index contributed by atoms with van der Waals surface area (Å²) in [6.45, 7) is 1.88. The number of nitrogens with zero attached hydrogens (tertiary/aromatic N) is 3. The number of benzene rings is 1. The molecule has 2 aromatic rings. The molecular weight excluding hydrogens is 332 g/mol. The van der Waals surface area contributed by atoms with E-state index in [1.54, 1.807) is 11.3 Å². The first-order chi connectivity index (χ1) is 10.3. The number of nitrogens with one attached hydrogen (secondary N) is 1. The van der Waals surface area contributed by atoms with Gasteiger partial charge in [-0.1, -0.05) is 18.2 Å². The van der Waals surface area contributed by atoms with Gasteiger partial charge >= 0.3 is 0 Å². The number of rotatable bonds is 4. The molecule has 1 aliphatic rings. The molecule has 0 spiro atoms. The molecule has 0 fully saturated rings. The Labute approximate surface area is 131 Å². The molecule has 0 radical (unpaired) electrons. The molecule has 108 valence electrons. The third-order valence-corrected chi connectivity index (χ3v) is 3.71. The SMILES string of the molecule is Brc1ccccc1NC1=NCCN1OCc1ccccn1. The van der Waals surface area contributed by atoms with Gasteiger partial charge in [0.05, 0.1) is 24.5 Å². The van der Waals surface area contributed by atoms with Crippen LogP contribution < -0.4 is 5.32 Å². The third kappa shape index (κ3) is 3.59. The number of hydrogen-bond donors (Lipinski definition) is 1. The molecule has 0 bridgehead atoms. The standard InChI is InChI=1S/C15H15BrN4O/c16-13-6-1-2-7-14(13)19-15-18-9-10-20(15)21-11-12-5-3-4-8-17-12/h1-8H,9-11H2,(H,18,19). The molecule has 6 heteroatoms. The first-order valence-electron chi connectivity index (χ1n) is 6.69. The van der Waals surface area contributed by atoms with Crippen molar-refractivity contribution in [3.8, 4) is 0 Å². The van der Waals surface area contributed by atoms with Gasteiger partial charge in [-0.2, -0.15) is 0 Å². The average Bonchev–Trinajstić information content (AvgIpc) is 2.96. The highest BCUT2D eigenvalue weighted by Gasteiger charge is 2.18. The molecule has 0 aliphatic carbocycles. The number of anilines is 1. The van der Waals surface area contributed by atoms with Gasteiger partial charge in [0, 0.05) is 10.7 Å². The molecule has 0 saturated heterocycles. The molecule has 5 nitrogen and oxygen atoms in total. The maximum atomic E-state index is 5.78. The number of halogens is 1. The highest BCUT2D eigenvalue weighted by atomic mass is 79.9. The van der Waals surface area contributed by atoms with Gasteiger partial charge in [-0.05, 0) is 40.2 Å². The van der Waals surface area contributed by atoms with Crippen LogP contribution in [-0.2, 0) is 11.4 Å². The molecule has 0 atom stereocenters. The summed E-state index contributed by atoms with van der Waals surface area (Å²) in [7, 11) is 0.